The van der Waals surface area contributed by atoms with E-state index in [-0.39, 0.29) is 0 Å². The van der Waals surface area contributed by atoms with Gasteiger partial charge in [-0.1, -0.05) is 37.3 Å². The van der Waals surface area contributed by atoms with Crippen LogP contribution in [0.3, 0.4) is 0 Å². The lowest BCUT2D eigenvalue weighted by atomic mass is 10.00. The summed E-state index contributed by atoms with van der Waals surface area (Å²) in [5.74, 6) is 3.03. The number of guanidine groups is 1. The Bertz CT molecular complexity index is 510. The lowest BCUT2D eigenvalue weighted by Crippen LogP contribution is -2.45. The molecule has 1 N–H and O–H groups in total. The summed E-state index contributed by atoms with van der Waals surface area (Å²) in [6, 6.07) is 10.0. The van der Waals surface area contributed by atoms with Crippen LogP contribution in [0.5, 0.6) is 0 Å². The van der Waals surface area contributed by atoms with Gasteiger partial charge in [-0.3, -0.25) is 9.20 Å². The Morgan fingerprint density at radius 2 is 2.00 bits per heavy atom. The summed E-state index contributed by atoms with van der Waals surface area (Å²) >= 11 is 0. The molecule has 5 heteroatoms. The second-order valence-corrected chi connectivity index (χ2v) is 7.76. The first-order chi connectivity index (χ1) is 11.2. The van der Waals surface area contributed by atoms with Gasteiger partial charge in [0.25, 0.3) is 0 Å². The van der Waals surface area contributed by atoms with Gasteiger partial charge in [0.1, 0.15) is 0 Å². The SMILES string of the molecule is CCNC(=NCCS(=O)Cc1ccccc1)N1CCC(C)CC1. The highest BCUT2D eigenvalue weighted by Gasteiger charge is 2.18. The lowest BCUT2D eigenvalue weighted by molar-refractivity contribution is 0.273. The zero-order valence-electron chi connectivity index (χ0n) is 14.3. The summed E-state index contributed by atoms with van der Waals surface area (Å²) in [5.41, 5.74) is 1.13. The molecule has 1 aromatic rings. The van der Waals surface area contributed by atoms with E-state index < -0.39 is 10.8 Å². The second-order valence-electron chi connectivity index (χ2n) is 6.18. The molecule has 0 spiro atoms. The van der Waals surface area contributed by atoms with Gasteiger partial charge in [-0.25, -0.2) is 0 Å². The summed E-state index contributed by atoms with van der Waals surface area (Å²) in [4.78, 5) is 7.02. The molecule has 1 aliphatic heterocycles. The molecule has 1 fully saturated rings. The summed E-state index contributed by atoms with van der Waals surface area (Å²) in [7, 11) is -0.855. The van der Waals surface area contributed by atoms with Crippen molar-refractivity contribution in [1.29, 1.82) is 0 Å². The number of aliphatic imine (C=N–C) groups is 1. The number of rotatable bonds is 6. The maximum atomic E-state index is 12.2. The van der Waals surface area contributed by atoms with E-state index >= 15 is 0 Å². The van der Waals surface area contributed by atoms with Gasteiger partial charge in [-0.15, -0.1) is 0 Å². The number of benzene rings is 1. The Morgan fingerprint density at radius 3 is 2.65 bits per heavy atom. The molecule has 2 rings (SSSR count). The van der Waals surface area contributed by atoms with Crippen LogP contribution in [0.2, 0.25) is 0 Å². The number of nitrogens with one attached hydrogen (secondary N) is 1. The van der Waals surface area contributed by atoms with E-state index in [0.717, 1.165) is 37.1 Å². The van der Waals surface area contributed by atoms with E-state index in [1.54, 1.807) is 0 Å². The highest BCUT2D eigenvalue weighted by molar-refractivity contribution is 7.84. The fourth-order valence-electron chi connectivity index (χ4n) is 2.73. The highest BCUT2D eigenvalue weighted by Crippen LogP contribution is 2.15. The van der Waals surface area contributed by atoms with Gasteiger partial charge >= 0.3 is 0 Å². The van der Waals surface area contributed by atoms with Crippen LogP contribution in [-0.4, -0.2) is 47.0 Å². The fourth-order valence-corrected chi connectivity index (χ4v) is 3.74. The molecule has 1 unspecified atom stereocenters. The van der Waals surface area contributed by atoms with E-state index in [2.05, 4.69) is 29.1 Å². The largest absolute Gasteiger partial charge is 0.357 e. The van der Waals surface area contributed by atoms with Crippen molar-refractivity contribution in [1.82, 2.24) is 10.2 Å². The molecule has 1 aliphatic rings. The first kappa shape index (κ1) is 18.0. The Hall–Kier alpha value is -1.36. The Balaban J connectivity index is 1.82. The minimum Gasteiger partial charge on any atom is -0.357 e. The third-order valence-electron chi connectivity index (χ3n) is 4.17. The topological polar surface area (TPSA) is 44.7 Å². The average Bonchev–Trinajstić information content (AvgIpc) is 2.56. The molecule has 0 aliphatic carbocycles. The molecule has 1 heterocycles. The Morgan fingerprint density at radius 1 is 1.30 bits per heavy atom. The van der Waals surface area contributed by atoms with Crippen molar-refractivity contribution in [3.63, 3.8) is 0 Å². The molecule has 1 aromatic carbocycles. The van der Waals surface area contributed by atoms with Crippen LogP contribution in [0.1, 0.15) is 32.3 Å². The number of nitrogens with zero attached hydrogens (tertiary/aromatic N) is 2. The molecule has 1 saturated heterocycles. The number of likely N-dealkylation sites (tertiary alicyclic amines) is 1. The quantitative estimate of drug-likeness (QED) is 0.642. The molecule has 0 amide bonds. The van der Waals surface area contributed by atoms with Crippen molar-refractivity contribution >= 4 is 16.8 Å². The summed E-state index contributed by atoms with van der Waals surface area (Å²) < 4.78 is 12.2. The van der Waals surface area contributed by atoms with Crippen LogP contribution in [0.25, 0.3) is 0 Å². The number of piperidine rings is 1. The van der Waals surface area contributed by atoms with Crippen LogP contribution >= 0.6 is 0 Å². The minimum absolute atomic E-state index is 0.619. The van der Waals surface area contributed by atoms with Crippen molar-refractivity contribution in [3.05, 3.63) is 35.9 Å². The summed E-state index contributed by atoms with van der Waals surface area (Å²) in [5, 5.41) is 3.37. The minimum atomic E-state index is -0.855. The van der Waals surface area contributed by atoms with Gasteiger partial charge in [0.15, 0.2) is 5.96 Å². The monoisotopic (exact) mass is 335 g/mol. The van der Waals surface area contributed by atoms with Crippen molar-refractivity contribution < 1.29 is 4.21 Å². The zero-order chi connectivity index (χ0) is 16.5. The van der Waals surface area contributed by atoms with E-state index in [4.69, 9.17) is 0 Å². The molecule has 4 nitrogen and oxygen atoms in total. The van der Waals surface area contributed by atoms with Crippen molar-refractivity contribution in [2.24, 2.45) is 10.9 Å². The Labute approximate surface area is 142 Å². The zero-order valence-corrected chi connectivity index (χ0v) is 15.1. The summed E-state index contributed by atoms with van der Waals surface area (Å²) in [6.07, 6.45) is 2.45. The van der Waals surface area contributed by atoms with E-state index in [0.29, 0.717) is 18.1 Å². The average molecular weight is 336 g/mol. The van der Waals surface area contributed by atoms with Crippen LogP contribution in [0, 0.1) is 5.92 Å². The number of hydrogen-bond acceptors (Lipinski definition) is 2. The van der Waals surface area contributed by atoms with E-state index in [9.17, 15) is 4.21 Å². The predicted molar refractivity (Wildman–Crippen MR) is 99.1 cm³/mol. The third kappa shape index (κ3) is 6.34. The standard InChI is InChI=1S/C18H29N3OS/c1-3-19-18(21-12-9-16(2)10-13-21)20-11-14-23(22)15-17-7-5-4-6-8-17/h4-8,16H,3,9-15H2,1-2H3,(H,19,20). The van der Waals surface area contributed by atoms with Gasteiger partial charge in [-0.2, -0.15) is 0 Å². The first-order valence-electron chi connectivity index (χ1n) is 8.61. The van der Waals surface area contributed by atoms with Crippen molar-refractivity contribution in [2.45, 2.75) is 32.4 Å². The molecular formula is C18H29N3OS. The molecule has 0 saturated carbocycles. The molecule has 0 aromatic heterocycles. The molecule has 23 heavy (non-hydrogen) atoms. The van der Waals surface area contributed by atoms with Gasteiger partial charge in [-0.05, 0) is 31.2 Å². The normalized spacial score (nSPS) is 18.0. The second kappa shape index (κ2) is 9.71. The fraction of sp³-hybridized carbons (Fsp3) is 0.611. The molecule has 128 valence electrons. The summed E-state index contributed by atoms with van der Waals surface area (Å²) in [6.45, 7) is 8.04. The molecule has 1 atom stereocenters. The third-order valence-corrected chi connectivity index (χ3v) is 5.46. The molecule has 0 radical (unpaired) electrons. The van der Waals surface area contributed by atoms with Crippen molar-refractivity contribution in [2.75, 3.05) is 31.9 Å². The van der Waals surface area contributed by atoms with Crippen LogP contribution in [0.15, 0.2) is 35.3 Å². The maximum Gasteiger partial charge on any atom is 0.193 e. The van der Waals surface area contributed by atoms with Crippen LogP contribution in [-0.2, 0) is 16.6 Å². The van der Waals surface area contributed by atoms with E-state index in [1.807, 2.05) is 30.3 Å². The Kier molecular flexibility index (Phi) is 7.59. The van der Waals surface area contributed by atoms with Gasteiger partial charge in [0, 0.05) is 41.9 Å². The smallest absolute Gasteiger partial charge is 0.193 e. The molecule has 0 bridgehead atoms. The van der Waals surface area contributed by atoms with Crippen molar-refractivity contribution in [3.8, 4) is 0 Å². The van der Waals surface area contributed by atoms with E-state index in [1.165, 1.54) is 12.8 Å². The van der Waals surface area contributed by atoms with Crippen LogP contribution < -0.4 is 5.32 Å². The van der Waals surface area contributed by atoms with Gasteiger partial charge in [0.2, 0.25) is 0 Å². The maximum absolute atomic E-state index is 12.2. The van der Waals surface area contributed by atoms with Crippen LogP contribution in [0.4, 0.5) is 0 Å². The first-order valence-corrected chi connectivity index (χ1v) is 10.1. The highest BCUT2D eigenvalue weighted by atomic mass is 32.2. The molecular weight excluding hydrogens is 306 g/mol. The number of hydrogen-bond donors (Lipinski definition) is 1. The van der Waals surface area contributed by atoms with Gasteiger partial charge in [0.05, 0.1) is 6.54 Å². The lowest BCUT2D eigenvalue weighted by Gasteiger charge is -2.33. The van der Waals surface area contributed by atoms with Gasteiger partial charge < -0.3 is 10.2 Å². The predicted octanol–water partition coefficient (Wildman–Crippen LogP) is 2.63.